The largest absolute Gasteiger partial charge is 0.349 e. The summed E-state index contributed by atoms with van der Waals surface area (Å²) in [6.45, 7) is 0.0142. The second-order valence-corrected chi connectivity index (χ2v) is 10.3. The molecule has 0 saturated carbocycles. The molecule has 6 rings (SSSR count). The lowest BCUT2D eigenvalue weighted by Gasteiger charge is -2.27. The Hall–Kier alpha value is -3.13. The van der Waals surface area contributed by atoms with Crippen molar-refractivity contribution in [2.75, 3.05) is 0 Å². The van der Waals surface area contributed by atoms with Crippen LogP contribution in [0, 0.1) is 11.8 Å². The highest BCUT2D eigenvalue weighted by Gasteiger charge is 2.74. The molecule has 0 bridgehead atoms. The monoisotopic (exact) mass is 549 g/mol. The van der Waals surface area contributed by atoms with Crippen molar-refractivity contribution in [3.63, 3.8) is 0 Å². The molecule has 3 unspecified atom stereocenters. The summed E-state index contributed by atoms with van der Waals surface area (Å²) in [5, 5.41) is 0.535. The zero-order valence-electron chi connectivity index (χ0n) is 18.1. The van der Waals surface area contributed by atoms with Gasteiger partial charge in [-0.25, -0.2) is 0 Å². The van der Waals surface area contributed by atoms with Crippen LogP contribution in [0.25, 0.3) is 0 Å². The van der Waals surface area contributed by atoms with Gasteiger partial charge in [0.15, 0.2) is 0 Å². The van der Waals surface area contributed by atoms with Crippen molar-refractivity contribution in [3.05, 3.63) is 105 Å². The summed E-state index contributed by atoms with van der Waals surface area (Å²) in [6, 6.07) is 20.4. The normalized spacial score (nSPS) is 24.4. The van der Waals surface area contributed by atoms with Crippen LogP contribution in [-0.4, -0.2) is 33.9 Å². The molecule has 35 heavy (non-hydrogen) atoms. The Labute approximate surface area is 214 Å². The Morgan fingerprint density at radius 3 is 2.03 bits per heavy atom. The lowest BCUT2D eigenvalue weighted by molar-refractivity contribution is -0.145. The van der Waals surface area contributed by atoms with Crippen molar-refractivity contribution in [3.8, 4) is 0 Å². The second-order valence-electron chi connectivity index (χ2n) is 8.92. The van der Waals surface area contributed by atoms with Gasteiger partial charge >= 0.3 is 0 Å². The summed E-state index contributed by atoms with van der Waals surface area (Å²) in [7, 11) is 0. The number of Topliss-reactive ketones (excluding diaryl/α,β-unsaturated/α-hetero) is 2. The fraction of sp³-hybridized carbons (Fsp3) is 0.185. The van der Waals surface area contributed by atoms with E-state index >= 15 is 0 Å². The van der Waals surface area contributed by atoms with Crippen molar-refractivity contribution in [2.45, 2.75) is 18.2 Å². The Morgan fingerprint density at radius 2 is 1.43 bits per heavy atom. The summed E-state index contributed by atoms with van der Waals surface area (Å²) < 4.78 is 7.09. The number of fused-ring (bicyclic) bond motifs is 3. The zero-order chi connectivity index (χ0) is 24.5. The number of halogens is 2. The fourth-order valence-electron chi connectivity index (χ4n) is 5.46. The topological polar surface area (TPSA) is 80.8 Å². The van der Waals surface area contributed by atoms with Crippen LogP contribution in [0.1, 0.15) is 37.9 Å². The first kappa shape index (κ1) is 22.3. The molecule has 3 aromatic carbocycles. The number of rotatable bonds is 3. The molecule has 3 aliphatic rings. The summed E-state index contributed by atoms with van der Waals surface area (Å²) in [6.07, 6.45) is -0.929. The standard InChI is InChI=1S/C27H17BrClNO5/c28-16-9-7-15(8-10-16)22-20-21(26(34)30(25(20)33)13-14-5-11-17(29)12-6-14)27(35-22)23(31)18-3-1-2-4-19(18)24(27)32/h1-12,20-22H,13H2. The minimum absolute atomic E-state index is 0.0142. The molecule has 2 amide bonds. The Bertz CT molecular complexity index is 1380. The highest BCUT2D eigenvalue weighted by molar-refractivity contribution is 9.10. The highest BCUT2D eigenvalue weighted by Crippen LogP contribution is 2.57. The van der Waals surface area contributed by atoms with E-state index in [0.717, 1.165) is 9.37 Å². The molecular formula is C27H17BrClNO5. The molecule has 1 spiro atoms. The molecule has 0 aromatic heterocycles. The van der Waals surface area contributed by atoms with Crippen molar-refractivity contribution in [2.24, 2.45) is 11.8 Å². The zero-order valence-corrected chi connectivity index (χ0v) is 20.5. The quantitative estimate of drug-likeness (QED) is 0.346. The summed E-state index contributed by atoms with van der Waals surface area (Å²) in [5.74, 6) is -4.42. The van der Waals surface area contributed by atoms with E-state index in [2.05, 4.69) is 15.9 Å². The van der Waals surface area contributed by atoms with Crippen LogP contribution < -0.4 is 0 Å². The Morgan fingerprint density at radius 1 is 0.829 bits per heavy atom. The molecule has 2 aliphatic heterocycles. The van der Waals surface area contributed by atoms with E-state index in [-0.39, 0.29) is 17.7 Å². The first-order valence-electron chi connectivity index (χ1n) is 11.0. The summed E-state index contributed by atoms with van der Waals surface area (Å²) in [5.41, 5.74) is -0.314. The molecule has 0 N–H and O–H groups in total. The maximum Gasteiger partial charge on any atom is 0.237 e. The molecule has 2 heterocycles. The van der Waals surface area contributed by atoms with Crippen LogP contribution in [0.3, 0.4) is 0 Å². The Kier molecular flexibility index (Phi) is 5.07. The van der Waals surface area contributed by atoms with Gasteiger partial charge in [0.25, 0.3) is 0 Å². The number of imide groups is 1. The molecule has 3 aromatic rings. The van der Waals surface area contributed by atoms with Gasteiger partial charge in [-0.15, -0.1) is 0 Å². The maximum atomic E-state index is 13.8. The van der Waals surface area contributed by atoms with Gasteiger partial charge in [0.1, 0.15) is 0 Å². The van der Waals surface area contributed by atoms with Crippen LogP contribution in [0.4, 0.5) is 0 Å². The SMILES string of the molecule is O=C1C2C(c3ccc(Br)cc3)OC3(C(=O)c4ccccc4C3=O)C2C(=O)N1Cc1ccc(Cl)cc1. The molecule has 174 valence electrons. The fourth-order valence-corrected chi connectivity index (χ4v) is 5.85. The number of nitrogens with zero attached hydrogens (tertiary/aromatic N) is 1. The molecule has 0 radical (unpaired) electrons. The predicted molar refractivity (Wildman–Crippen MR) is 130 cm³/mol. The molecule has 8 heteroatoms. The third kappa shape index (κ3) is 3.12. The predicted octanol–water partition coefficient (Wildman–Crippen LogP) is 4.79. The van der Waals surface area contributed by atoms with Crippen LogP contribution in [-0.2, 0) is 20.9 Å². The van der Waals surface area contributed by atoms with E-state index in [0.29, 0.717) is 16.1 Å². The van der Waals surface area contributed by atoms with Crippen LogP contribution in [0.15, 0.2) is 77.3 Å². The first-order valence-corrected chi connectivity index (χ1v) is 12.2. The molecule has 3 atom stereocenters. The van der Waals surface area contributed by atoms with E-state index in [1.807, 2.05) is 0 Å². The van der Waals surface area contributed by atoms with Gasteiger partial charge in [0.05, 0.1) is 24.5 Å². The number of amides is 2. The van der Waals surface area contributed by atoms with Gasteiger partial charge in [-0.1, -0.05) is 76.1 Å². The maximum absolute atomic E-state index is 13.8. The van der Waals surface area contributed by atoms with Crippen molar-refractivity contribution in [1.29, 1.82) is 0 Å². The molecule has 6 nitrogen and oxygen atoms in total. The van der Waals surface area contributed by atoms with Crippen LogP contribution in [0.2, 0.25) is 5.02 Å². The number of carbonyl (C=O) groups is 4. The number of hydrogen-bond acceptors (Lipinski definition) is 5. The lowest BCUT2D eigenvalue weighted by atomic mass is 9.77. The first-order chi connectivity index (χ1) is 16.8. The van der Waals surface area contributed by atoms with Gasteiger partial charge in [0, 0.05) is 20.6 Å². The van der Waals surface area contributed by atoms with Gasteiger partial charge in [0.2, 0.25) is 29.0 Å². The molecule has 2 fully saturated rings. The minimum Gasteiger partial charge on any atom is -0.349 e. The average Bonchev–Trinajstić information content (AvgIpc) is 3.42. The van der Waals surface area contributed by atoms with E-state index in [1.165, 1.54) is 0 Å². The van der Waals surface area contributed by atoms with Crippen molar-refractivity contribution in [1.82, 2.24) is 4.90 Å². The van der Waals surface area contributed by atoms with Gasteiger partial charge in [-0.3, -0.25) is 24.1 Å². The van der Waals surface area contributed by atoms with Gasteiger partial charge < -0.3 is 4.74 Å². The number of benzene rings is 3. The lowest BCUT2D eigenvalue weighted by Crippen LogP contribution is -2.50. The summed E-state index contributed by atoms with van der Waals surface area (Å²) >= 11 is 9.37. The number of likely N-dealkylation sites (tertiary alicyclic amines) is 1. The number of ether oxygens (including phenoxy) is 1. The van der Waals surface area contributed by atoms with Crippen LogP contribution >= 0.6 is 27.5 Å². The van der Waals surface area contributed by atoms with E-state index in [1.54, 1.807) is 72.8 Å². The van der Waals surface area contributed by atoms with Crippen molar-refractivity contribution < 1.29 is 23.9 Å². The molecule has 2 saturated heterocycles. The second kappa shape index (κ2) is 7.95. The Balaban J connectivity index is 1.48. The number of ketones is 2. The third-order valence-corrected chi connectivity index (χ3v) is 7.84. The molecular weight excluding hydrogens is 534 g/mol. The van der Waals surface area contributed by atoms with E-state index < -0.39 is 46.9 Å². The van der Waals surface area contributed by atoms with E-state index in [9.17, 15) is 19.2 Å². The third-order valence-electron chi connectivity index (χ3n) is 7.06. The van der Waals surface area contributed by atoms with Gasteiger partial charge in [-0.05, 0) is 35.4 Å². The van der Waals surface area contributed by atoms with Crippen molar-refractivity contribution >= 4 is 50.9 Å². The number of hydrogen-bond donors (Lipinski definition) is 0. The minimum atomic E-state index is -2.06. The molecule has 1 aliphatic carbocycles. The highest BCUT2D eigenvalue weighted by atomic mass is 79.9. The summed E-state index contributed by atoms with van der Waals surface area (Å²) in [4.78, 5) is 56.1. The van der Waals surface area contributed by atoms with Gasteiger partial charge in [-0.2, -0.15) is 0 Å². The van der Waals surface area contributed by atoms with Crippen LogP contribution in [0.5, 0.6) is 0 Å². The van der Waals surface area contributed by atoms with E-state index in [4.69, 9.17) is 16.3 Å². The average molecular weight is 551 g/mol. The number of carbonyl (C=O) groups excluding carboxylic acids is 4. The smallest absolute Gasteiger partial charge is 0.237 e.